The molecule has 218 valence electrons. The average molecular weight is 598 g/mol. The van der Waals surface area contributed by atoms with Gasteiger partial charge in [0.15, 0.2) is 0 Å². The van der Waals surface area contributed by atoms with Crippen molar-refractivity contribution < 1.29 is 4.92 Å². The molecule has 0 unspecified atom stereocenters. The molecule has 8 heteroatoms. The van der Waals surface area contributed by atoms with Gasteiger partial charge in [-0.1, -0.05) is 92.2 Å². The quantitative estimate of drug-likeness (QED) is 0.164. The molecule has 0 radical (unpaired) electrons. The average Bonchev–Trinajstić information content (AvgIpc) is 3.47. The van der Waals surface area contributed by atoms with Gasteiger partial charge in [0.2, 0.25) is 4.99 Å². The smallest absolute Gasteiger partial charge is 0.258 e. The number of thioether (sulfide) groups is 1. The lowest BCUT2D eigenvalue weighted by Gasteiger charge is -2.47. The zero-order valence-electron chi connectivity index (χ0n) is 24.5. The second kappa shape index (κ2) is 11.3. The van der Waals surface area contributed by atoms with Gasteiger partial charge in [0.1, 0.15) is 5.04 Å². The highest BCUT2D eigenvalue weighted by molar-refractivity contribution is 8.15. The summed E-state index contributed by atoms with van der Waals surface area (Å²) < 4.78 is 0. The number of hydrogen-bond donors (Lipinski definition) is 0. The SMILES string of the molecule is CC(C)C1=CC=C(C2=NN(c3ccccc3)[C@@]3(SC(c4ccc([N+](=O)[O-])cc4)=NN3c3ccccc3)c3ccccc32)CC1. The number of allylic oxidation sites excluding steroid dienone is 4. The van der Waals surface area contributed by atoms with Gasteiger partial charge in [-0.3, -0.25) is 10.1 Å². The Bertz CT molecular complexity index is 1850. The fourth-order valence-corrected chi connectivity index (χ4v) is 7.38. The van der Waals surface area contributed by atoms with Crippen LogP contribution in [0.2, 0.25) is 0 Å². The summed E-state index contributed by atoms with van der Waals surface area (Å²) in [4.78, 5) is 10.1. The zero-order valence-corrected chi connectivity index (χ0v) is 25.3. The monoisotopic (exact) mass is 597 g/mol. The molecule has 44 heavy (non-hydrogen) atoms. The number of nitrogens with zero attached hydrogens (tertiary/aromatic N) is 5. The highest BCUT2D eigenvalue weighted by Gasteiger charge is 2.55. The van der Waals surface area contributed by atoms with E-state index in [1.165, 1.54) is 23.3 Å². The lowest BCUT2D eigenvalue weighted by atomic mass is 9.85. The van der Waals surface area contributed by atoms with Crippen molar-refractivity contribution in [3.05, 3.63) is 159 Å². The number of nitro benzene ring substituents is 1. The van der Waals surface area contributed by atoms with Crippen molar-refractivity contribution in [3.8, 4) is 0 Å². The van der Waals surface area contributed by atoms with Crippen molar-refractivity contribution in [1.29, 1.82) is 0 Å². The van der Waals surface area contributed by atoms with Crippen LogP contribution in [0.5, 0.6) is 0 Å². The van der Waals surface area contributed by atoms with E-state index in [9.17, 15) is 10.1 Å². The van der Waals surface area contributed by atoms with Crippen LogP contribution in [0.3, 0.4) is 0 Å². The fraction of sp³-hybridized carbons (Fsp3) is 0.167. The van der Waals surface area contributed by atoms with Crippen molar-refractivity contribution in [2.24, 2.45) is 16.1 Å². The lowest BCUT2D eigenvalue weighted by molar-refractivity contribution is -0.384. The minimum Gasteiger partial charge on any atom is -0.258 e. The normalized spacial score (nSPS) is 19.3. The predicted octanol–water partition coefficient (Wildman–Crippen LogP) is 8.85. The van der Waals surface area contributed by atoms with Crippen molar-refractivity contribution >= 4 is 39.6 Å². The molecule has 2 heterocycles. The third kappa shape index (κ3) is 4.72. The Kier molecular flexibility index (Phi) is 7.14. The summed E-state index contributed by atoms with van der Waals surface area (Å²) in [6.45, 7) is 4.49. The van der Waals surface area contributed by atoms with Crippen molar-refractivity contribution in [2.45, 2.75) is 31.7 Å². The third-order valence-corrected chi connectivity index (χ3v) is 9.65. The van der Waals surface area contributed by atoms with Gasteiger partial charge in [-0.2, -0.15) is 10.2 Å². The van der Waals surface area contributed by atoms with E-state index in [1.54, 1.807) is 23.9 Å². The molecular formula is C36H31N5O2S. The highest BCUT2D eigenvalue weighted by Crippen LogP contribution is 2.56. The van der Waals surface area contributed by atoms with E-state index in [0.29, 0.717) is 5.92 Å². The first-order chi connectivity index (χ1) is 21.5. The second-order valence-electron chi connectivity index (χ2n) is 11.3. The summed E-state index contributed by atoms with van der Waals surface area (Å²) in [5, 5.41) is 27.0. The van der Waals surface area contributed by atoms with Crippen LogP contribution in [0.25, 0.3) is 0 Å². The molecule has 7 nitrogen and oxygen atoms in total. The maximum absolute atomic E-state index is 11.4. The van der Waals surface area contributed by atoms with E-state index in [2.05, 4.69) is 79.5 Å². The molecule has 4 aromatic rings. The number of rotatable bonds is 6. The summed E-state index contributed by atoms with van der Waals surface area (Å²) in [5.74, 6) is 0.516. The molecule has 7 rings (SSSR count). The first kappa shape index (κ1) is 27.9. The van der Waals surface area contributed by atoms with Crippen LogP contribution in [0.1, 0.15) is 43.4 Å². The van der Waals surface area contributed by atoms with Gasteiger partial charge in [-0.15, -0.1) is 0 Å². The summed E-state index contributed by atoms with van der Waals surface area (Å²) in [5.41, 5.74) is 8.47. The Labute approximate surface area is 261 Å². The molecule has 0 aromatic heterocycles. The van der Waals surface area contributed by atoms with Gasteiger partial charge < -0.3 is 0 Å². The van der Waals surface area contributed by atoms with Gasteiger partial charge in [0.25, 0.3) is 5.69 Å². The van der Waals surface area contributed by atoms with Crippen LogP contribution in [-0.2, 0) is 4.99 Å². The number of hydrazone groups is 2. The first-order valence-electron chi connectivity index (χ1n) is 14.8. The Morgan fingerprint density at radius 3 is 1.98 bits per heavy atom. The van der Waals surface area contributed by atoms with E-state index < -0.39 is 4.99 Å². The standard InChI is InChI=1S/C36H31N5O2S/c1-25(2)26-17-19-27(20-18-26)34-32-15-9-10-16-33(32)36(39(37-34)29-11-5-3-6-12-29)40(30-13-7-4-8-14-30)38-35(44-36)28-21-23-31(24-22-28)41(42)43/h3-17,19,21-25H,18,20H2,1-2H3/t36-/m0/s1. The van der Waals surface area contributed by atoms with Gasteiger partial charge in [0, 0.05) is 28.8 Å². The van der Waals surface area contributed by atoms with Crippen LogP contribution < -0.4 is 10.0 Å². The number of non-ortho nitro benzene ring substituents is 1. The van der Waals surface area contributed by atoms with Crippen LogP contribution in [0.15, 0.2) is 143 Å². The van der Waals surface area contributed by atoms with Crippen molar-refractivity contribution in [2.75, 3.05) is 10.0 Å². The molecule has 2 aliphatic heterocycles. The molecule has 4 aromatic carbocycles. The maximum Gasteiger partial charge on any atom is 0.269 e. The minimum atomic E-state index is -0.909. The fourth-order valence-electron chi connectivity index (χ4n) is 5.98. The largest absolute Gasteiger partial charge is 0.269 e. The highest BCUT2D eigenvalue weighted by atomic mass is 32.2. The topological polar surface area (TPSA) is 74.3 Å². The maximum atomic E-state index is 11.4. The van der Waals surface area contributed by atoms with E-state index in [4.69, 9.17) is 10.2 Å². The van der Waals surface area contributed by atoms with E-state index >= 15 is 0 Å². The van der Waals surface area contributed by atoms with Gasteiger partial charge in [0.05, 0.1) is 22.0 Å². The molecule has 0 amide bonds. The molecule has 1 aliphatic carbocycles. The molecule has 0 saturated heterocycles. The minimum absolute atomic E-state index is 0.0468. The molecule has 0 bridgehead atoms. The Morgan fingerprint density at radius 2 is 1.39 bits per heavy atom. The van der Waals surface area contributed by atoms with Gasteiger partial charge in [-0.05, 0) is 72.5 Å². The zero-order chi connectivity index (χ0) is 30.3. The summed E-state index contributed by atoms with van der Waals surface area (Å²) in [6, 6.07) is 35.4. The molecule has 0 N–H and O–H groups in total. The van der Waals surface area contributed by atoms with Gasteiger partial charge in [-0.25, -0.2) is 10.0 Å². The van der Waals surface area contributed by atoms with Crippen LogP contribution in [0, 0.1) is 16.0 Å². The summed E-state index contributed by atoms with van der Waals surface area (Å²) in [6.07, 6.45) is 6.44. The predicted molar refractivity (Wildman–Crippen MR) is 180 cm³/mol. The number of hydrogen-bond acceptors (Lipinski definition) is 7. The van der Waals surface area contributed by atoms with E-state index in [-0.39, 0.29) is 10.6 Å². The number of anilines is 2. The summed E-state index contributed by atoms with van der Waals surface area (Å²) in [7, 11) is 0. The molecule has 0 saturated carbocycles. The third-order valence-electron chi connectivity index (χ3n) is 8.29. The number of nitro groups is 1. The molecule has 1 spiro atoms. The molecule has 0 fully saturated rings. The van der Waals surface area contributed by atoms with Crippen molar-refractivity contribution in [3.63, 3.8) is 0 Å². The molecular weight excluding hydrogens is 566 g/mol. The molecule has 1 atom stereocenters. The first-order valence-corrected chi connectivity index (χ1v) is 15.6. The number of benzene rings is 4. The number of para-hydroxylation sites is 2. The Hall–Kier alpha value is -4.95. The Balaban J connectivity index is 1.45. The lowest BCUT2D eigenvalue weighted by Crippen LogP contribution is -2.54. The van der Waals surface area contributed by atoms with E-state index in [1.807, 2.05) is 41.4 Å². The van der Waals surface area contributed by atoms with Crippen LogP contribution in [-0.4, -0.2) is 15.7 Å². The number of fused-ring (bicyclic) bond motifs is 2. The van der Waals surface area contributed by atoms with Crippen LogP contribution >= 0.6 is 11.8 Å². The Morgan fingerprint density at radius 1 is 0.773 bits per heavy atom. The second-order valence-corrected chi connectivity index (χ2v) is 12.5. The van der Waals surface area contributed by atoms with Crippen molar-refractivity contribution in [1.82, 2.24) is 0 Å². The summed E-state index contributed by atoms with van der Waals surface area (Å²) >= 11 is 1.60. The van der Waals surface area contributed by atoms with Crippen LogP contribution in [0.4, 0.5) is 17.1 Å². The molecule has 3 aliphatic rings. The van der Waals surface area contributed by atoms with E-state index in [0.717, 1.165) is 51.7 Å². The van der Waals surface area contributed by atoms with Gasteiger partial charge >= 0.3 is 0 Å².